The summed E-state index contributed by atoms with van der Waals surface area (Å²) >= 11 is 0. The minimum Gasteiger partial charge on any atom is -0.313 e. The van der Waals surface area contributed by atoms with E-state index in [0.717, 1.165) is 12.5 Å². The van der Waals surface area contributed by atoms with Gasteiger partial charge in [0.05, 0.1) is 0 Å². The van der Waals surface area contributed by atoms with Gasteiger partial charge < -0.3 is 10.2 Å². The molecule has 0 saturated heterocycles. The zero-order chi connectivity index (χ0) is 11.7. The van der Waals surface area contributed by atoms with Crippen molar-refractivity contribution in [2.45, 2.75) is 53.0 Å². The van der Waals surface area contributed by atoms with E-state index in [0.29, 0.717) is 6.04 Å². The third-order valence-electron chi connectivity index (χ3n) is 3.03. The molecule has 2 atom stereocenters. The van der Waals surface area contributed by atoms with E-state index in [2.05, 4.69) is 45.0 Å². The fraction of sp³-hybridized carbons (Fsp3) is 1.00. The molecule has 0 rings (SSSR count). The Balaban J connectivity index is 3.41. The molecule has 0 aliphatic rings. The Kier molecular flexibility index (Phi) is 9.12. The second-order valence-corrected chi connectivity index (χ2v) is 4.92. The number of likely N-dealkylation sites (N-methyl/N-ethyl adjacent to an activating group) is 1. The van der Waals surface area contributed by atoms with Crippen LogP contribution < -0.4 is 5.32 Å². The number of nitrogens with one attached hydrogen (secondary N) is 1. The summed E-state index contributed by atoms with van der Waals surface area (Å²) in [5.74, 6) is 0.822. The third-order valence-corrected chi connectivity index (χ3v) is 3.03. The summed E-state index contributed by atoms with van der Waals surface area (Å²) in [6.45, 7) is 12.6. The SMILES string of the molecule is CCCC(C)NCCN(C)CC(C)CC. The van der Waals surface area contributed by atoms with Crippen LogP contribution >= 0.6 is 0 Å². The predicted molar refractivity (Wildman–Crippen MR) is 69.3 cm³/mol. The fourth-order valence-corrected chi connectivity index (χ4v) is 1.79. The van der Waals surface area contributed by atoms with Gasteiger partial charge in [-0.1, -0.05) is 33.6 Å². The third kappa shape index (κ3) is 8.88. The number of rotatable bonds is 9. The van der Waals surface area contributed by atoms with Crippen LogP contribution in [0.3, 0.4) is 0 Å². The van der Waals surface area contributed by atoms with Crippen molar-refractivity contribution in [3.63, 3.8) is 0 Å². The zero-order valence-electron chi connectivity index (χ0n) is 11.3. The van der Waals surface area contributed by atoms with Gasteiger partial charge in [-0.3, -0.25) is 0 Å². The molecule has 0 aliphatic carbocycles. The summed E-state index contributed by atoms with van der Waals surface area (Å²) in [7, 11) is 2.22. The Bertz CT molecular complexity index is 136. The van der Waals surface area contributed by atoms with E-state index in [1.165, 1.54) is 32.4 Å². The van der Waals surface area contributed by atoms with Gasteiger partial charge in [-0.05, 0) is 26.3 Å². The molecule has 0 aliphatic heterocycles. The molecule has 0 aromatic heterocycles. The van der Waals surface area contributed by atoms with Gasteiger partial charge in [0.1, 0.15) is 0 Å². The lowest BCUT2D eigenvalue weighted by Gasteiger charge is -2.21. The van der Waals surface area contributed by atoms with Crippen LogP contribution in [0.5, 0.6) is 0 Å². The molecule has 2 heteroatoms. The molecule has 0 heterocycles. The predicted octanol–water partition coefficient (Wildman–Crippen LogP) is 2.74. The molecule has 0 bridgehead atoms. The van der Waals surface area contributed by atoms with Crippen molar-refractivity contribution in [2.75, 3.05) is 26.7 Å². The molecule has 0 aromatic rings. The molecule has 2 unspecified atom stereocenters. The normalized spacial score (nSPS) is 15.6. The first-order chi connectivity index (χ1) is 7.10. The Morgan fingerprint density at radius 3 is 2.40 bits per heavy atom. The fourth-order valence-electron chi connectivity index (χ4n) is 1.79. The van der Waals surface area contributed by atoms with Crippen molar-refractivity contribution in [3.8, 4) is 0 Å². The van der Waals surface area contributed by atoms with Gasteiger partial charge in [-0.2, -0.15) is 0 Å². The summed E-state index contributed by atoms with van der Waals surface area (Å²) in [5.41, 5.74) is 0. The lowest BCUT2D eigenvalue weighted by molar-refractivity contribution is 0.277. The lowest BCUT2D eigenvalue weighted by atomic mass is 10.1. The molecular formula is C13H30N2. The maximum Gasteiger partial charge on any atom is 0.0104 e. The van der Waals surface area contributed by atoms with Crippen molar-refractivity contribution < 1.29 is 0 Å². The molecule has 92 valence electrons. The standard InChI is InChI=1S/C13H30N2/c1-6-8-13(4)14-9-10-15(5)11-12(3)7-2/h12-14H,6-11H2,1-5H3. The largest absolute Gasteiger partial charge is 0.313 e. The number of hydrogen-bond donors (Lipinski definition) is 1. The Labute approximate surface area is 96.4 Å². The van der Waals surface area contributed by atoms with Crippen molar-refractivity contribution >= 4 is 0 Å². The molecule has 0 spiro atoms. The molecule has 0 saturated carbocycles. The van der Waals surface area contributed by atoms with E-state index in [1.807, 2.05) is 0 Å². The van der Waals surface area contributed by atoms with Crippen molar-refractivity contribution in [1.29, 1.82) is 0 Å². The van der Waals surface area contributed by atoms with Gasteiger partial charge in [-0.25, -0.2) is 0 Å². The van der Waals surface area contributed by atoms with Gasteiger partial charge in [0.25, 0.3) is 0 Å². The van der Waals surface area contributed by atoms with Crippen LogP contribution in [0, 0.1) is 5.92 Å². The molecule has 0 radical (unpaired) electrons. The highest BCUT2D eigenvalue weighted by Crippen LogP contribution is 2.01. The van der Waals surface area contributed by atoms with Crippen LogP contribution in [0.25, 0.3) is 0 Å². The van der Waals surface area contributed by atoms with Gasteiger partial charge in [-0.15, -0.1) is 0 Å². The second kappa shape index (κ2) is 9.17. The highest BCUT2D eigenvalue weighted by Gasteiger charge is 2.04. The molecule has 0 aromatic carbocycles. The molecule has 2 nitrogen and oxygen atoms in total. The van der Waals surface area contributed by atoms with Crippen LogP contribution in [-0.2, 0) is 0 Å². The van der Waals surface area contributed by atoms with Crippen molar-refractivity contribution in [2.24, 2.45) is 5.92 Å². The van der Waals surface area contributed by atoms with Gasteiger partial charge in [0.2, 0.25) is 0 Å². The van der Waals surface area contributed by atoms with Crippen LogP contribution in [0.1, 0.15) is 47.0 Å². The number of hydrogen-bond acceptors (Lipinski definition) is 2. The summed E-state index contributed by atoms with van der Waals surface area (Å²) < 4.78 is 0. The first kappa shape index (κ1) is 14.9. The van der Waals surface area contributed by atoms with E-state index >= 15 is 0 Å². The quantitative estimate of drug-likeness (QED) is 0.635. The minimum absolute atomic E-state index is 0.673. The summed E-state index contributed by atoms with van der Waals surface area (Å²) in [6, 6.07) is 0.673. The van der Waals surface area contributed by atoms with E-state index in [9.17, 15) is 0 Å². The second-order valence-electron chi connectivity index (χ2n) is 4.92. The summed E-state index contributed by atoms with van der Waals surface area (Å²) in [5, 5.41) is 3.56. The first-order valence-electron chi connectivity index (χ1n) is 6.52. The van der Waals surface area contributed by atoms with E-state index < -0.39 is 0 Å². The number of nitrogens with zero attached hydrogens (tertiary/aromatic N) is 1. The van der Waals surface area contributed by atoms with E-state index in [1.54, 1.807) is 0 Å². The van der Waals surface area contributed by atoms with Gasteiger partial charge in [0.15, 0.2) is 0 Å². The average molecular weight is 214 g/mol. The maximum absolute atomic E-state index is 3.56. The van der Waals surface area contributed by atoms with Crippen LogP contribution in [0.15, 0.2) is 0 Å². The average Bonchev–Trinajstić information content (AvgIpc) is 2.18. The Morgan fingerprint density at radius 2 is 1.87 bits per heavy atom. The van der Waals surface area contributed by atoms with Crippen LogP contribution in [0.2, 0.25) is 0 Å². The molecule has 1 N–H and O–H groups in total. The van der Waals surface area contributed by atoms with E-state index in [4.69, 9.17) is 0 Å². The van der Waals surface area contributed by atoms with Crippen molar-refractivity contribution in [3.05, 3.63) is 0 Å². The lowest BCUT2D eigenvalue weighted by Crippen LogP contribution is -2.35. The van der Waals surface area contributed by atoms with Gasteiger partial charge >= 0.3 is 0 Å². The first-order valence-corrected chi connectivity index (χ1v) is 6.52. The van der Waals surface area contributed by atoms with Gasteiger partial charge in [0, 0.05) is 25.7 Å². The Hall–Kier alpha value is -0.0800. The highest BCUT2D eigenvalue weighted by molar-refractivity contribution is 4.63. The molecular weight excluding hydrogens is 184 g/mol. The van der Waals surface area contributed by atoms with Crippen LogP contribution in [-0.4, -0.2) is 37.6 Å². The van der Waals surface area contributed by atoms with E-state index in [-0.39, 0.29) is 0 Å². The molecule has 15 heavy (non-hydrogen) atoms. The molecule has 0 amide bonds. The summed E-state index contributed by atoms with van der Waals surface area (Å²) in [6.07, 6.45) is 3.84. The topological polar surface area (TPSA) is 15.3 Å². The minimum atomic E-state index is 0.673. The van der Waals surface area contributed by atoms with Crippen LogP contribution in [0.4, 0.5) is 0 Å². The molecule has 0 fully saturated rings. The maximum atomic E-state index is 3.56. The highest BCUT2D eigenvalue weighted by atomic mass is 15.1. The zero-order valence-corrected chi connectivity index (χ0v) is 11.3. The van der Waals surface area contributed by atoms with Crippen molar-refractivity contribution in [1.82, 2.24) is 10.2 Å². The summed E-state index contributed by atoms with van der Waals surface area (Å²) in [4.78, 5) is 2.43. The Morgan fingerprint density at radius 1 is 1.20 bits per heavy atom. The smallest absolute Gasteiger partial charge is 0.0104 e. The monoisotopic (exact) mass is 214 g/mol.